The number of alkyl halides is 6. The maximum Gasteiger partial charge on any atom is 0.446 e. The van der Waals surface area contributed by atoms with Crippen molar-refractivity contribution in [3.63, 3.8) is 0 Å². The van der Waals surface area contributed by atoms with Gasteiger partial charge < -0.3 is 9.84 Å². The Labute approximate surface area is 140 Å². The van der Waals surface area contributed by atoms with Crippen LogP contribution >= 0.6 is 23.5 Å². The molecule has 4 nitrogen and oxygen atoms in total. The Morgan fingerprint density at radius 2 is 1.79 bits per heavy atom. The summed E-state index contributed by atoms with van der Waals surface area (Å²) in [4.78, 5) is 11.8. The van der Waals surface area contributed by atoms with E-state index in [2.05, 4.69) is 0 Å². The van der Waals surface area contributed by atoms with Crippen LogP contribution in [0.15, 0.2) is 28.0 Å². The predicted octanol–water partition coefficient (Wildman–Crippen LogP) is 3.59. The number of aliphatic hydroxyl groups excluding tert-OH is 1. The largest absolute Gasteiger partial charge is 0.446 e. The molecule has 1 heterocycles. The highest BCUT2D eigenvalue weighted by Gasteiger charge is 2.38. The lowest BCUT2D eigenvalue weighted by Crippen LogP contribution is -2.31. The maximum atomic E-state index is 12.7. The van der Waals surface area contributed by atoms with Crippen LogP contribution in [0.4, 0.5) is 32.0 Å². The van der Waals surface area contributed by atoms with Crippen LogP contribution in [-0.2, 0) is 9.53 Å². The third-order valence-electron chi connectivity index (χ3n) is 2.79. The molecule has 0 aliphatic carbocycles. The molecule has 0 spiro atoms. The minimum atomic E-state index is -4.75. The van der Waals surface area contributed by atoms with Crippen LogP contribution in [0.1, 0.15) is 0 Å². The number of hydrogen-bond donors (Lipinski definition) is 1. The number of carbonyl (C=O) groups is 1. The molecule has 1 atom stereocenters. The number of benzene rings is 1. The number of ether oxygens (including phenoxy) is 1. The van der Waals surface area contributed by atoms with Crippen molar-refractivity contribution >= 4 is 35.1 Å². The summed E-state index contributed by atoms with van der Waals surface area (Å²) in [5.74, 6) is -0.766. The van der Waals surface area contributed by atoms with E-state index in [-0.39, 0.29) is 5.69 Å². The van der Waals surface area contributed by atoms with E-state index in [4.69, 9.17) is 9.84 Å². The average molecular weight is 393 g/mol. The van der Waals surface area contributed by atoms with Crippen molar-refractivity contribution in [2.45, 2.75) is 26.9 Å². The van der Waals surface area contributed by atoms with E-state index in [0.717, 1.165) is 17.0 Å². The molecule has 134 valence electrons. The zero-order valence-corrected chi connectivity index (χ0v) is 13.2. The van der Waals surface area contributed by atoms with Gasteiger partial charge in [-0.05, 0) is 41.7 Å². The van der Waals surface area contributed by atoms with Gasteiger partial charge in [-0.3, -0.25) is 9.69 Å². The highest BCUT2D eigenvalue weighted by Crippen LogP contribution is 2.45. The van der Waals surface area contributed by atoms with Crippen LogP contribution in [0.25, 0.3) is 0 Å². The van der Waals surface area contributed by atoms with Crippen molar-refractivity contribution < 1.29 is 41.0 Å². The molecule has 1 N–H and O–H groups in total. The minimum absolute atomic E-state index is 0.232. The lowest BCUT2D eigenvalue weighted by Gasteiger charge is -2.20. The Bertz CT molecular complexity index is 622. The molecular weight excluding hydrogens is 384 g/mol. The molecule has 2 rings (SSSR count). The van der Waals surface area contributed by atoms with Gasteiger partial charge in [0.05, 0.1) is 12.3 Å². The second kappa shape index (κ2) is 7.02. The summed E-state index contributed by atoms with van der Waals surface area (Å²) in [5, 5.41) is 8.94. The summed E-state index contributed by atoms with van der Waals surface area (Å²) in [6.07, 6.45) is -1.21. The molecular formula is C12H9F6NO3S2. The molecule has 24 heavy (non-hydrogen) atoms. The Morgan fingerprint density at radius 3 is 2.29 bits per heavy atom. The fourth-order valence-electron chi connectivity index (χ4n) is 1.91. The topological polar surface area (TPSA) is 49.8 Å². The zero-order chi connectivity index (χ0) is 18.1. The second-order valence-corrected chi connectivity index (χ2v) is 6.70. The molecule has 12 heteroatoms. The summed E-state index contributed by atoms with van der Waals surface area (Å²) in [6, 6.07) is 2.67. The molecule has 1 aromatic rings. The van der Waals surface area contributed by atoms with Gasteiger partial charge in [0, 0.05) is 9.79 Å². The number of aliphatic hydroxyl groups is 1. The Balaban J connectivity index is 2.38. The molecule has 0 aromatic heterocycles. The van der Waals surface area contributed by atoms with Crippen molar-refractivity contribution in [2.24, 2.45) is 0 Å². The highest BCUT2D eigenvalue weighted by atomic mass is 32.2. The van der Waals surface area contributed by atoms with Gasteiger partial charge in [0.1, 0.15) is 6.73 Å². The van der Waals surface area contributed by atoms with Crippen LogP contribution in [0.3, 0.4) is 0 Å². The van der Waals surface area contributed by atoms with E-state index in [1.165, 1.54) is 0 Å². The molecule has 1 fully saturated rings. The van der Waals surface area contributed by atoms with Crippen molar-refractivity contribution in [1.82, 2.24) is 0 Å². The lowest BCUT2D eigenvalue weighted by atomic mass is 10.2. The Morgan fingerprint density at radius 1 is 1.17 bits per heavy atom. The lowest BCUT2D eigenvalue weighted by molar-refractivity contribution is -0.123. The monoisotopic (exact) mass is 393 g/mol. The number of hydrogen-bond acceptors (Lipinski definition) is 5. The third kappa shape index (κ3) is 4.94. The van der Waals surface area contributed by atoms with Crippen LogP contribution in [-0.4, -0.2) is 41.5 Å². The first-order valence-corrected chi connectivity index (χ1v) is 7.83. The highest BCUT2D eigenvalue weighted by molar-refractivity contribution is 8.01. The number of rotatable bonds is 4. The van der Waals surface area contributed by atoms with Crippen LogP contribution in [0.2, 0.25) is 0 Å². The van der Waals surface area contributed by atoms with Crippen molar-refractivity contribution in [3.8, 4) is 0 Å². The van der Waals surface area contributed by atoms with Crippen LogP contribution in [0, 0.1) is 0 Å². The SMILES string of the molecule is O=C1C(CO)OCN1c1ccc(SC(F)(F)F)cc1SC(F)(F)F. The molecule has 1 aliphatic heterocycles. The van der Waals surface area contributed by atoms with Gasteiger partial charge in [0.2, 0.25) is 0 Å². The van der Waals surface area contributed by atoms with Gasteiger partial charge >= 0.3 is 11.0 Å². The summed E-state index contributed by atoms with van der Waals surface area (Å²) < 4.78 is 80.1. The van der Waals surface area contributed by atoms with E-state index >= 15 is 0 Å². The van der Waals surface area contributed by atoms with Gasteiger partial charge in [0.15, 0.2) is 6.10 Å². The quantitative estimate of drug-likeness (QED) is 0.626. The number of carbonyl (C=O) groups excluding carboxylic acids is 1. The van der Waals surface area contributed by atoms with E-state index in [9.17, 15) is 31.1 Å². The van der Waals surface area contributed by atoms with Gasteiger partial charge in [-0.2, -0.15) is 26.3 Å². The van der Waals surface area contributed by atoms with Gasteiger partial charge in [-0.15, -0.1) is 0 Å². The second-order valence-electron chi connectivity index (χ2n) is 4.46. The number of nitrogens with zero attached hydrogens (tertiary/aromatic N) is 1. The smallest absolute Gasteiger partial charge is 0.393 e. The minimum Gasteiger partial charge on any atom is -0.393 e. The number of thioether (sulfide) groups is 2. The molecule has 1 aliphatic rings. The Kier molecular flexibility index (Phi) is 5.62. The van der Waals surface area contributed by atoms with Crippen molar-refractivity contribution in [1.29, 1.82) is 0 Å². The molecule has 1 amide bonds. The number of halogens is 6. The van der Waals surface area contributed by atoms with E-state index in [1.807, 2.05) is 0 Å². The first kappa shape index (κ1) is 19.2. The number of amides is 1. The van der Waals surface area contributed by atoms with E-state index < -0.39 is 69.7 Å². The fourth-order valence-corrected chi connectivity index (χ4v) is 3.29. The van der Waals surface area contributed by atoms with E-state index in [1.54, 1.807) is 0 Å². The summed E-state index contributed by atoms with van der Waals surface area (Å²) >= 11 is -1.18. The zero-order valence-electron chi connectivity index (χ0n) is 11.5. The first-order valence-electron chi connectivity index (χ1n) is 6.19. The fraction of sp³-hybridized carbons (Fsp3) is 0.417. The summed E-state index contributed by atoms with van der Waals surface area (Å²) in [5.41, 5.74) is -9.64. The van der Waals surface area contributed by atoms with Gasteiger partial charge in [0.25, 0.3) is 5.91 Å². The standard InChI is InChI=1S/C12H9F6NO3S2/c13-11(14,15)23-6-1-2-7(9(3-6)24-12(16,17)18)19-5-22-8(4-20)10(19)21/h1-3,8,20H,4-5H2. The molecule has 0 radical (unpaired) electrons. The normalized spacial score (nSPS) is 19.2. The summed E-state index contributed by atoms with van der Waals surface area (Å²) in [6.45, 7) is -1.06. The number of anilines is 1. The molecule has 0 bridgehead atoms. The van der Waals surface area contributed by atoms with Crippen LogP contribution < -0.4 is 4.90 Å². The molecule has 0 saturated carbocycles. The maximum absolute atomic E-state index is 12.7. The van der Waals surface area contributed by atoms with Crippen molar-refractivity contribution in [3.05, 3.63) is 18.2 Å². The third-order valence-corrected chi connectivity index (χ3v) is 4.29. The van der Waals surface area contributed by atoms with Gasteiger partial charge in [-0.25, -0.2) is 0 Å². The molecule has 1 saturated heterocycles. The molecule has 1 aromatic carbocycles. The first-order chi connectivity index (χ1) is 11.0. The van der Waals surface area contributed by atoms with Crippen LogP contribution in [0.5, 0.6) is 0 Å². The van der Waals surface area contributed by atoms with Gasteiger partial charge in [-0.1, -0.05) is 0 Å². The predicted molar refractivity (Wildman–Crippen MR) is 74.6 cm³/mol. The average Bonchev–Trinajstić information content (AvgIpc) is 2.76. The van der Waals surface area contributed by atoms with Crippen molar-refractivity contribution in [2.75, 3.05) is 18.2 Å². The molecule has 1 unspecified atom stereocenters. The summed E-state index contributed by atoms with van der Waals surface area (Å²) in [7, 11) is 0. The van der Waals surface area contributed by atoms with E-state index in [0.29, 0.717) is 6.07 Å². The Hall–Kier alpha value is -1.11.